The van der Waals surface area contributed by atoms with Crippen molar-refractivity contribution in [3.8, 4) is 0 Å². The van der Waals surface area contributed by atoms with E-state index in [1.165, 1.54) is 6.07 Å². The van der Waals surface area contributed by atoms with Crippen LogP contribution >= 0.6 is 11.3 Å². The van der Waals surface area contributed by atoms with E-state index >= 15 is 0 Å². The predicted molar refractivity (Wildman–Crippen MR) is 70.2 cm³/mol. The summed E-state index contributed by atoms with van der Waals surface area (Å²) in [5.74, 6) is -0.491. The molecule has 98 valence electrons. The van der Waals surface area contributed by atoms with Crippen molar-refractivity contribution in [3.63, 3.8) is 0 Å². The lowest BCUT2D eigenvalue weighted by Gasteiger charge is -2.36. The summed E-state index contributed by atoms with van der Waals surface area (Å²) in [4.78, 5) is 25.8. The number of nitrogens with zero attached hydrogens (tertiary/aromatic N) is 1. The second-order valence-electron chi connectivity index (χ2n) is 4.96. The Labute approximate surface area is 110 Å². The molecule has 1 aromatic heterocycles. The number of amides is 1. The van der Waals surface area contributed by atoms with Gasteiger partial charge in [-0.15, -0.1) is 11.3 Å². The van der Waals surface area contributed by atoms with Crippen LogP contribution in [0.4, 0.5) is 0 Å². The largest absolute Gasteiger partial charge is 0.477 e. The van der Waals surface area contributed by atoms with Crippen LogP contribution < -0.4 is 0 Å². The summed E-state index contributed by atoms with van der Waals surface area (Å²) in [6.45, 7) is 4.96. The molecule has 1 N–H and O–H groups in total. The Balaban J connectivity index is 2.16. The summed E-state index contributed by atoms with van der Waals surface area (Å²) in [6.07, 6.45) is 2.17. The Morgan fingerprint density at radius 2 is 1.94 bits per heavy atom. The SMILES string of the molecule is CC1CCC(C)N(C(=O)c2ccc(C(=O)O)s2)C1. The van der Waals surface area contributed by atoms with Crippen LogP contribution in [0.2, 0.25) is 0 Å². The topological polar surface area (TPSA) is 57.6 Å². The molecule has 4 nitrogen and oxygen atoms in total. The van der Waals surface area contributed by atoms with Crippen LogP contribution in [0.25, 0.3) is 0 Å². The molecule has 0 bridgehead atoms. The molecule has 1 aliphatic heterocycles. The molecule has 2 unspecified atom stereocenters. The van der Waals surface area contributed by atoms with Gasteiger partial charge >= 0.3 is 5.97 Å². The zero-order chi connectivity index (χ0) is 13.3. The molecule has 0 radical (unpaired) electrons. The highest BCUT2D eigenvalue weighted by Crippen LogP contribution is 2.25. The van der Waals surface area contributed by atoms with E-state index < -0.39 is 5.97 Å². The molecule has 1 aromatic rings. The monoisotopic (exact) mass is 267 g/mol. The Morgan fingerprint density at radius 3 is 2.56 bits per heavy atom. The zero-order valence-corrected chi connectivity index (χ0v) is 11.4. The van der Waals surface area contributed by atoms with Crippen LogP contribution in [-0.4, -0.2) is 34.5 Å². The van der Waals surface area contributed by atoms with Crippen LogP contribution in [0.5, 0.6) is 0 Å². The van der Waals surface area contributed by atoms with Gasteiger partial charge in [0.15, 0.2) is 0 Å². The summed E-state index contributed by atoms with van der Waals surface area (Å²) in [7, 11) is 0. The molecule has 2 rings (SSSR count). The number of thiophene rings is 1. The van der Waals surface area contributed by atoms with Crippen molar-refractivity contribution in [1.82, 2.24) is 4.90 Å². The van der Waals surface area contributed by atoms with Gasteiger partial charge in [-0.2, -0.15) is 0 Å². The molecule has 0 spiro atoms. The number of carbonyl (C=O) groups is 2. The third kappa shape index (κ3) is 2.56. The van der Waals surface area contributed by atoms with Crippen LogP contribution in [0, 0.1) is 5.92 Å². The highest BCUT2D eigenvalue weighted by Gasteiger charge is 2.28. The number of hydrogen-bond donors (Lipinski definition) is 1. The first-order valence-corrected chi connectivity index (χ1v) is 6.94. The van der Waals surface area contributed by atoms with Crippen molar-refractivity contribution in [2.24, 2.45) is 5.92 Å². The number of hydrogen-bond acceptors (Lipinski definition) is 3. The first-order chi connectivity index (χ1) is 8.49. The minimum Gasteiger partial charge on any atom is -0.477 e. The number of likely N-dealkylation sites (tertiary alicyclic amines) is 1. The van der Waals surface area contributed by atoms with Crippen LogP contribution in [0.1, 0.15) is 46.0 Å². The average Bonchev–Trinajstić information content (AvgIpc) is 2.81. The lowest BCUT2D eigenvalue weighted by Crippen LogP contribution is -2.44. The van der Waals surface area contributed by atoms with E-state index in [0.29, 0.717) is 10.8 Å². The molecule has 0 aliphatic carbocycles. The Hall–Kier alpha value is -1.36. The molecule has 1 saturated heterocycles. The Kier molecular flexibility index (Phi) is 3.71. The van der Waals surface area contributed by atoms with Gasteiger partial charge < -0.3 is 10.0 Å². The Morgan fingerprint density at radius 1 is 1.28 bits per heavy atom. The third-order valence-electron chi connectivity index (χ3n) is 3.41. The van der Waals surface area contributed by atoms with Gasteiger partial charge in [0.1, 0.15) is 4.88 Å². The minimum atomic E-state index is -0.973. The van der Waals surface area contributed by atoms with Crippen LogP contribution in [0.15, 0.2) is 12.1 Å². The number of piperidine rings is 1. The van der Waals surface area contributed by atoms with Crippen molar-refractivity contribution in [3.05, 3.63) is 21.9 Å². The fourth-order valence-corrected chi connectivity index (χ4v) is 3.08. The van der Waals surface area contributed by atoms with Crippen molar-refractivity contribution in [2.75, 3.05) is 6.54 Å². The van der Waals surface area contributed by atoms with E-state index in [1.54, 1.807) is 6.07 Å². The molecule has 1 amide bonds. The van der Waals surface area contributed by atoms with Gasteiger partial charge in [0, 0.05) is 12.6 Å². The molecule has 5 heteroatoms. The van der Waals surface area contributed by atoms with Crippen LogP contribution in [0.3, 0.4) is 0 Å². The quantitative estimate of drug-likeness (QED) is 0.896. The smallest absolute Gasteiger partial charge is 0.345 e. The van der Waals surface area contributed by atoms with Gasteiger partial charge in [-0.25, -0.2) is 4.79 Å². The second-order valence-corrected chi connectivity index (χ2v) is 6.04. The molecule has 0 saturated carbocycles. The van der Waals surface area contributed by atoms with E-state index in [2.05, 4.69) is 13.8 Å². The number of carboxylic acids is 1. The summed E-state index contributed by atoms with van der Waals surface area (Å²) in [5.41, 5.74) is 0. The molecular weight excluding hydrogens is 250 g/mol. The minimum absolute atomic E-state index is 0.0356. The van der Waals surface area contributed by atoms with E-state index in [4.69, 9.17) is 5.11 Å². The highest BCUT2D eigenvalue weighted by molar-refractivity contribution is 7.15. The molecule has 2 heterocycles. The fraction of sp³-hybridized carbons (Fsp3) is 0.538. The molecule has 18 heavy (non-hydrogen) atoms. The molecular formula is C13H17NO3S. The van der Waals surface area contributed by atoms with Crippen molar-refractivity contribution in [2.45, 2.75) is 32.7 Å². The van der Waals surface area contributed by atoms with Gasteiger partial charge in [0.2, 0.25) is 0 Å². The number of carbonyl (C=O) groups excluding carboxylic acids is 1. The molecule has 1 fully saturated rings. The van der Waals surface area contributed by atoms with Gasteiger partial charge in [0.25, 0.3) is 5.91 Å². The molecule has 0 aromatic carbocycles. The maximum Gasteiger partial charge on any atom is 0.345 e. The fourth-order valence-electron chi connectivity index (χ4n) is 2.28. The van der Waals surface area contributed by atoms with E-state index in [9.17, 15) is 9.59 Å². The van der Waals surface area contributed by atoms with Crippen molar-refractivity contribution < 1.29 is 14.7 Å². The van der Waals surface area contributed by atoms with E-state index in [0.717, 1.165) is 30.7 Å². The first kappa shape index (κ1) is 13.1. The summed E-state index contributed by atoms with van der Waals surface area (Å²) < 4.78 is 0. The summed E-state index contributed by atoms with van der Waals surface area (Å²) in [5, 5.41) is 8.87. The lowest BCUT2D eigenvalue weighted by molar-refractivity contribution is 0.0578. The summed E-state index contributed by atoms with van der Waals surface area (Å²) >= 11 is 1.06. The van der Waals surface area contributed by atoms with Gasteiger partial charge in [0.05, 0.1) is 4.88 Å². The highest BCUT2D eigenvalue weighted by atomic mass is 32.1. The maximum absolute atomic E-state index is 12.3. The predicted octanol–water partition coefficient (Wildman–Crippen LogP) is 2.71. The Bertz CT molecular complexity index is 469. The zero-order valence-electron chi connectivity index (χ0n) is 10.5. The normalized spacial score (nSPS) is 24.0. The number of carboxylic acid groups (broad SMARTS) is 1. The first-order valence-electron chi connectivity index (χ1n) is 6.13. The lowest BCUT2D eigenvalue weighted by atomic mass is 9.95. The van der Waals surface area contributed by atoms with Crippen molar-refractivity contribution >= 4 is 23.2 Å². The van der Waals surface area contributed by atoms with Crippen LogP contribution in [-0.2, 0) is 0 Å². The standard InChI is InChI=1S/C13H17NO3S/c1-8-3-4-9(2)14(7-8)12(15)10-5-6-11(18-10)13(16)17/h5-6,8-9H,3-4,7H2,1-2H3,(H,16,17). The molecule has 2 atom stereocenters. The maximum atomic E-state index is 12.3. The summed E-state index contributed by atoms with van der Waals surface area (Å²) in [6, 6.07) is 3.35. The number of aromatic carboxylic acids is 1. The average molecular weight is 267 g/mol. The second kappa shape index (κ2) is 5.10. The van der Waals surface area contributed by atoms with E-state index in [-0.39, 0.29) is 16.8 Å². The third-order valence-corrected chi connectivity index (χ3v) is 4.47. The van der Waals surface area contributed by atoms with E-state index in [1.807, 2.05) is 4.90 Å². The van der Waals surface area contributed by atoms with Gasteiger partial charge in [-0.1, -0.05) is 6.92 Å². The van der Waals surface area contributed by atoms with Gasteiger partial charge in [-0.05, 0) is 37.8 Å². The van der Waals surface area contributed by atoms with Crippen molar-refractivity contribution in [1.29, 1.82) is 0 Å². The van der Waals surface area contributed by atoms with Gasteiger partial charge in [-0.3, -0.25) is 4.79 Å². The number of rotatable bonds is 2. The molecule has 1 aliphatic rings.